The molecule has 7 heteroatoms. The van der Waals surface area contributed by atoms with E-state index in [1.54, 1.807) is 19.9 Å². The van der Waals surface area contributed by atoms with Crippen LogP contribution in [0.25, 0.3) is 0 Å². The van der Waals surface area contributed by atoms with E-state index in [1.807, 2.05) is 0 Å². The van der Waals surface area contributed by atoms with Gasteiger partial charge in [-0.25, -0.2) is 0 Å². The van der Waals surface area contributed by atoms with E-state index in [9.17, 15) is 18.0 Å². The first kappa shape index (κ1) is 15.6. The molecule has 1 saturated carbocycles. The molecule has 1 fully saturated rings. The molecule has 1 aliphatic rings. The van der Waals surface area contributed by atoms with Crippen LogP contribution < -0.4 is 5.32 Å². The number of amides is 1. The number of nitrogens with zero attached hydrogens (tertiary/aromatic N) is 1. The summed E-state index contributed by atoms with van der Waals surface area (Å²) in [7, 11) is 0. The smallest absolute Gasteiger partial charge is 0.323 e. The summed E-state index contributed by atoms with van der Waals surface area (Å²) in [5, 5.41) is 9.59. The second-order valence-corrected chi connectivity index (χ2v) is 5.87. The van der Waals surface area contributed by atoms with Crippen LogP contribution in [0.4, 0.5) is 18.9 Å². The van der Waals surface area contributed by atoms with Gasteiger partial charge in [0, 0.05) is 5.92 Å². The zero-order valence-electron chi connectivity index (χ0n) is 12.7. The molecule has 0 radical (unpaired) electrons. The minimum Gasteiger partial charge on any atom is -0.323 e. The average molecular weight is 323 g/mol. The number of aromatic nitrogens is 2. The Kier molecular flexibility index (Phi) is 3.66. The van der Waals surface area contributed by atoms with Crippen molar-refractivity contribution in [3.63, 3.8) is 0 Å². The number of carbonyl (C=O) groups excluding carboxylic acids is 1. The average Bonchev–Trinajstić information content (AvgIpc) is 3.24. The molecule has 1 amide bonds. The van der Waals surface area contributed by atoms with Crippen molar-refractivity contribution in [2.75, 3.05) is 5.32 Å². The van der Waals surface area contributed by atoms with Crippen LogP contribution in [0, 0.1) is 19.8 Å². The molecule has 23 heavy (non-hydrogen) atoms. The van der Waals surface area contributed by atoms with Crippen LogP contribution >= 0.6 is 0 Å². The fraction of sp³-hybridized carbons (Fsp3) is 0.375. The number of benzene rings is 1. The topological polar surface area (TPSA) is 57.8 Å². The summed E-state index contributed by atoms with van der Waals surface area (Å²) in [5.41, 5.74) is 1.96. The van der Waals surface area contributed by atoms with Crippen LogP contribution in [0.15, 0.2) is 24.3 Å². The molecule has 1 heterocycles. The van der Waals surface area contributed by atoms with Gasteiger partial charge in [-0.2, -0.15) is 18.3 Å². The number of carbonyl (C=O) groups is 1. The first-order chi connectivity index (χ1) is 10.8. The van der Waals surface area contributed by atoms with Crippen molar-refractivity contribution < 1.29 is 18.0 Å². The van der Waals surface area contributed by atoms with Gasteiger partial charge < -0.3 is 5.32 Å². The van der Waals surface area contributed by atoms with Gasteiger partial charge in [0.1, 0.15) is 0 Å². The van der Waals surface area contributed by atoms with Crippen LogP contribution in [-0.2, 0) is 11.0 Å². The molecule has 0 bridgehead atoms. The van der Waals surface area contributed by atoms with E-state index in [1.165, 1.54) is 6.07 Å². The molecule has 2 aromatic rings. The maximum atomic E-state index is 12.8. The lowest BCUT2D eigenvalue weighted by molar-refractivity contribution is -0.137. The van der Waals surface area contributed by atoms with E-state index in [4.69, 9.17) is 0 Å². The lowest BCUT2D eigenvalue weighted by Crippen LogP contribution is -2.15. The first-order valence-electron chi connectivity index (χ1n) is 7.27. The van der Waals surface area contributed by atoms with Crippen molar-refractivity contribution in [3.05, 3.63) is 46.8 Å². The van der Waals surface area contributed by atoms with Crippen molar-refractivity contribution in [1.82, 2.24) is 10.2 Å². The van der Waals surface area contributed by atoms with E-state index in [-0.39, 0.29) is 17.7 Å². The van der Waals surface area contributed by atoms with Crippen molar-refractivity contribution >= 4 is 11.6 Å². The molecule has 0 aliphatic heterocycles. The van der Waals surface area contributed by atoms with Crippen LogP contribution in [0.1, 0.15) is 34.9 Å². The van der Waals surface area contributed by atoms with E-state index >= 15 is 0 Å². The van der Waals surface area contributed by atoms with Gasteiger partial charge in [0.05, 0.1) is 22.6 Å². The lowest BCUT2D eigenvalue weighted by atomic mass is 10.1. The quantitative estimate of drug-likeness (QED) is 0.903. The van der Waals surface area contributed by atoms with Crippen LogP contribution in [0.2, 0.25) is 0 Å². The number of hydrogen-bond acceptors (Lipinski definition) is 2. The summed E-state index contributed by atoms with van der Waals surface area (Å²) >= 11 is 0. The Morgan fingerprint density at radius 3 is 2.70 bits per heavy atom. The van der Waals surface area contributed by atoms with Crippen LogP contribution in [-0.4, -0.2) is 16.1 Å². The maximum Gasteiger partial charge on any atom is 0.416 e. The molecule has 122 valence electrons. The summed E-state index contributed by atoms with van der Waals surface area (Å²) < 4.78 is 38.3. The van der Waals surface area contributed by atoms with Gasteiger partial charge in [0.25, 0.3) is 0 Å². The molecular formula is C16H16F3N3O. The predicted molar refractivity (Wildman–Crippen MR) is 79.0 cm³/mol. The van der Waals surface area contributed by atoms with Crippen molar-refractivity contribution in [3.8, 4) is 0 Å². The Morgan fingerprint density at radius 2 is 2.09 bits per heavy atom. The third-order valence-electron chi connectivity index (χ3n) is 4.15. The van der Waals surface area contributed by atoms with Gasteiger partial charge in [0.15, 0.2) is 0 Å². The highest BCUT2D eigenvalue weighted by atomic mass is 19.4. The largest absolute Gasteiger partial charge is 0.416 e. The minimum absolute atomic E-state index is 0.162. The van der Waals surface area contributed by atoms with E-state index in [0.29, 0.717) is 23.4 Å². The van der Waals surface area contributed by atoms with Crippen molar-refractivity contribution in [2.45, 2.75) is 32.4 Å². The Balaban J connectivity index is 1.71. The second-order valence-electron chi connectivity index (χ2n) is 5.87. The summed E-state index contributed by atoms with van der Waals surface area (Å²) in [6.45, 7) is 3.57. The summed E-state index contributed by atoms with van der Waals surface area (Å²) in [6, 6.07) is 5.20. The minimum atomic E-state index is -4.37. The monoisotopic (exact) mass is 323 g/mol. The van der Waals surface area contributed by atoms with E-state index in [2.05, 4.69) is 15.5 Å². The number of alkyl halides is 3. The number of aryl methyl sites for hydroxylation is 2. The van der Waals surface area contributed by atoms with Gasteiger partial charge in [0.2, 0.25) is 5.91 Å². The SMILES string of the molecule is Cc1n[nH]c(C)c1NC(=O)[C@@H]1C[C@H]1c1cccc(C(F)(F)F)c1. The summed E-state index contributed by atoms with van der Waals surface area (Å²) in [4.78, 5) is 12.3. The standard InChI is InChI=1S/C16H16F3N3O/c1-8-14(9(2)22-21-8)20-15(23)13-7-12(13)10-4-3-5-11(6-10)16(17,18)19/h3-6,12-13H,7H2,1-2H3,(H,20,23)(H,21,22)/t12-,13+/m0/s1. The van der Waals surface area contributed by atoms with E-state index < -0.39 is 11.7 Å². The molecule has 1 aromatic carbocycles. The molecule has 4 nitrogen and oxygen atoms in total. The zero-order valence-corrected chi connectivity index (χ0v) is 12.7. The number of halogens is 3. The lowest BCUT2D eigenvalue weighted by Gasteiger charge is -2.09. The van der Waals surface area contributed by atoms with Crippen molar-refractivity contribution in [1.29, 1.82) is 0 Å². The Labute approximate surface area is 131 Å². The Morgan fingerprint density at radius 1 is 1.35 bits per heavy atom. The highest BCUT2D eigenvalue weighted by Gasteiger charge is 2.45. The molecule has 1 aromatic heterocycles. The van der Waals surface area contributed by atoms with Gasteiger partial charge in [-0.15, -0.1) is 0 Å². The fourth-order valence-electron chi connectivity index (χ4n) is 2.75. The third kappa shape index (κ3) is 3.09. The molecule has 0 unspecified atom stereocenters. The van der Waals surface area contributed by atoms with Gasteiger partial charge in [-0.3, -0.25) is 9.89 Å². The van der Waals surface area contributed by atoms with Gasteiger partial charge in [-0.1, -0.05) is 18.2 Å². The normalized spacial score (nSPS) is 20.4. The van der Waals surface area contributed by atoms with Crippen molar-refractivity contribution in [2.24, 2.45) is 5.92 Å². The number of aromatic amines is 1. The highest BCUT2D eigenvalue weighted by Crippen LogP contribution is 2.49. The predicted octanol–water partition coefficient (Wildman–Crippen LogP) is 3.79. The molecule has 1 aliphatic carbocycles. The molecule has 0 spiro atoms. The molecule has 0 saturated heterocycles. The number of nitrogens with one attached hydrogen (secondary N) is 2. The summed E-state index contributed by atoms with van der Waals surface area (Å²) in [6.07, 6.45) is -3.81. The molecule has 2 N–H and O–H groups in total. The van der Waals surface area contributed by atoms with E-state index in [0.717, 1.165) is 17.8 Å². The number of anilines is 1. The van der Waals surface area contributed by atoms with Crippen LogP contribution in [0.3, 0.4) is 0 Å². The Bertz CT molecular complexity index is 732. The maximum absolute atomic E-state index is 12.8. The molecular weight excluding hydrogens is 307 g/mol. The van der Waals surface area contributed by atoms with Gasteiger partial charge in [-0.05, 0) is 37.8 Å². The second kappa shape index (κ2) is 5.40. The number of rotatable bonds is 3. The third-order valence-corrected chi connectivity index (χ3v) is 4.15. The highest BCUT2D eigenvalue weighted by molar-refractivity contribution is 5.96. The van der Waals surface area contributed by atoms with Crippen LogP contribution in [0.5, 0.6) is 0 Å². The number of H-pyrrole nitrogens is 1. The first-order valence-corrected chi connectivity index (χ1v) is 7.27. The van der Waals surface area contributed by atoms with Gasteiger partial charge >= 0.3 is 6.18 Å². The number of hydrogen-bond donors (Lipinski definition) is 2. The molecule has 2 atom stereocenters. The zero-order chi connectivity index (χ0) is 16.8. The molecule has 3 rings (SSSR count). The summed E-state index contributed by atoms with van der Waals surface area (Å²) in [5.74, 6) is -0.642. The Hall–Kier alpha value is -2.31. The fourth-order valence-corrected chi connectivity index (χ4v) is 2.75.